The van der Waals surface area contributed by atoms with E-state index >= 15 is 0 Å². The van der Waals surface area contributed by atoms with Crippen LogP contribution in [0.4, 0.5) is 19.1 Å². The van der Waals surface area contributed by atoms with Crippen molar-refractivity contribution in [2.45, 2.75) is 25.0 Å². The number of rotatable bonds is 5. The van der Waals surface area contributed by atoms with Crippen LogP contribution in [0.3, 0.4) is 0 Å². The normalized spacial score (nSPS) is 17.2. The number of amides is 1. The fourth-order valence-corrected chi connectivity index (χ4v) is 2.91. The SMILES string of the molecule is O=C(Cn1nc(O[C@@H]2CC2(F)F)c2cc(Br)ccc2c1=O)Nc1ncc(F)cn1. The van der Waals surface area contributed by atoms with Crippen molar-refractivity contribution >= 4 is 38.6 Å². The van der Waals surface area contributed by atoms with Gasteiger partial charge in [0.2, 0.25) is 17.7 Å². The molecule has 29 heavy (non-hydrogen) atoms. The molecule has 1 fully saturated rings. The van der Waals surface area contributed by atoms with Crippen LogP contribution in [0.25, 0.3) is 10.8 Å². The third-order valence-electron chi connectivity index (χ3n) is 4.08. The number of benzene rings is 1. The van der Waals surface area contributed by atoms with E-state index in [2.05, 4.69) is 36.3 Å². The number of fused-ring (bicyclic) bond motifs is 1. The second kappa shape index (κ2) is 7.10. The summed E-state index contributed by atoms with van der Waals surface area (Å²) in [5, 5.41) is 6.63. The summed E-state index contributed by atoms with van der Waals surface area (Å²) in [5.74, 6) is -4.71. The molecule has 150 valence electrons. The van der Waals surface area contributed by atoms with Gasteiger partial charge in [-0.25, -0.2) is 27.8 Å². The van der Waals surface area contributed by atoms with Gasteiger partial charge in [0, 0.05) is 4.47 Å². The Kier molecular flexibility index (Phi) is 4.73. The highest BCUT2D eigenvalue weighted by molar-refractivity contribution is 9.10. The van der Waals surface area contributed by atoms with Crippen LogP contribution < -0.4 is 15.6 Å². The van der Waals surface area contributed by atoms with Crippen LogP contribution in [-0.4, -0.2) is 37.7 Å². The summed E-state index contributed by atoms with van der Waals surface area (Å²) >= 11 is 3.25. The zero-order valence-corrected chi connectivity index (χ0v) is 16.0. The van der Waals surface area contributed by atoms with E-state index in [4.69, 9.17) is 4.74 Å². The monoisotopic (exact) mass is 469 g/mol. The quantitative estimate of drug-likeness (QED) is 0.616. The highest BCUT2D eigenvalue weighted by Gasteiger charge is 2.60. The van der Waals surface area contributed by atoms with Crippen LogP contribution >= 0.6 is 15.9 Å². The molecule has 1 N–H and O–H groups in total. The molecule has 0 unspecified atom stereocenters. The van der Waals surface area contributed by atoms with E-state index < -0.39 is 42.3 Å². The Morgan fingerprint density at radius 1 is 1.31 bits per heavy atom. The van der Waals surface area contributed by atoms with Gasteiger partial charge in [0.15, 0.2) is 11.9 Å². The first-order valence-corrected chi connectivity index (χ1v) is 9.04. The van der Waals surface area contributed by atoms with Crippen molar-refractivity contribution < 1.29 is 22.7 Å². The number of nitrogens with one attached hydrogen (secondary N) is 1. The van der Waals surface area contributed by atoms with Crippen molar-refractivity contribution in [1.82, 2.24) is 19.7 Å². The number of hydrogen-bond acceptors (Lipinski definition) is 6. The minimum absolute atomic E-state index is 0.146. The van der Waals surface area contributed by atoms with Crippen LogP contribution in [0.15, 0.2) is 39.9 Å². The molecule has 1 amide bonds. The summed E-state index contributed by atoms with van der Waals surface area (Å²) in [7, 11) is 0. The maximum absolute atomic E-state index is 13.3. The summed E-state index contributed by atoms with van der Waals surface area (Å²) in [6.45, 7) is -0.553. The van der Waals surface area contributed by atoms with Gasteiger partial charge in [-0.15, -0.1) is 5.10 Å². The van der Waals surface area contributed by atoms with Gasteiger partial charge in [-0.3, -0.25) is 14.9 Å². The molecule has 4 rings (SSSR count). The van der Waals surface area contributed by atoms with Crippen LogP contribution in [0, 0.1) is 5.82 Å². The highest BCUT2D eigenvalue weighted by Crippen LogP contribution is 2.45. The molecule has 1 aromatic carbocycles. The maximum atomic E-state index is 13.3. The molecule has 2 aromatic heterocycles. The van der Waals surface area contributed by atoms with Crippen molar-refractivity contribution in [2.24, 2.45) is 0 Å². The molecule has 3 aromatic rings. The second-order valence-corrected chi connectivity index (χ2v) is 7.22. The number of carbonyl (C=O) groups is 1. The van der Waals surface area contributed by atoms with E-state index in [0.717, 1.165) is 17.1 Å². The van der Waals surface area contributed by atoms with Crippen LogP contribution in [-0.2, 0) is 11.3 Å². The number of anilines is 1. The first kappa shape index (κ1) is 19.3. The van der Waals surface area contributed by atoms with E-state index in [1.54, 1.807) is 6.07 Å². The molecule has 0 saturated heterocycles. The molecule has 0 bridgehead atoms. The molecule has 8 nitrogen and oxygen atoms in total. The summed E-state index contributed by atoms with van der Waals surface area (Å²) < 4.78 is 46.1. The average molecular weight is 470 g/mol. The third kappa shape index (κ3) is 4.06. The highest BCUT2D eigenvalue weighted by atomic mass is 79.9. The van der Waals surface area contributed by atoms with Gasteiger partial charge in [0.25, 0.3) is 11.5 Å². The number of ether oxygens (including phenoxy) is 1. The lowest BCUT2D eigenvalue weighted by atomic mass is 10.2. The minimum Gasteiger partial charge on any atom is -0.466 e. The molecule has 0 radical (unpaired) electrons. The Bertz CT molecular complexity index is 1170. The van der Waals surface area contributed by atoms with Gasteiger partial charge in [0.1, 0.15) is 6.54 Å². The predicted octanol–water partition coefficient (Wildman–Crippen LogP) is 2.51. The first-order valence-electron chi connectivity index (χ1n) is 8.25. The molecule has 0 spiro atoms. The lowest BCUT2D eigenvalue weighted by Crippen LogP contribution is -2.30. The predicted molar refractivity (Wildman–Crippen MR) is 98.3 cm³/mol. The smallest absolute Gasteiger partial charge is 0.288 e. The Balaban J connectivity index is 1.65. The zero-order valence-electron chi connectivity index (χ0n) is 14.4. The number of halogens is 4. The van der Waals surface area contributed by atoms with Gasteiger partial charge >= 0.3 is 0 Å². The summed E-state index contributed by atoms with van der Waals surface area (Å²) in [5.41, 5.74) is -0.613. The van der Waals surface area contributed by atoms with Crippen molar-refractivity contribution in [1.29, 1.82) is 0 Å². The Labute approximate surface area is 168 Å². The number of hydrogen-bond donors (Lipinski definition) is 1. The number of aromatic nitrogens is 4. The fraction of sp³-hybridized carbons (Fsp3) is 0.235. The van der Waals surface area contributed by atoms with E-state index in [0.29, 0.717) is 4.47 Å². The Morgan fingerprint density at radius 3 is 2.66 bits per heavy atom. The van der Waals surface area contributed by atoms with Gasteiger partial charge in [-0.2, -0.15) is 0 Å². The molecule has 0 aliphatic heterocycles. The molecular formula is C17H11BrF3N5O3. The zero-order chi connectivity index (χ0) is 20.8. The standard InChI is InChI=1S/C17H11BrF3N5O3/c18-8-1-2-10-11(3-8)14(29-12-4-17(12,20)21)25-26(15(10)28)7-13(27)24-16-22-5-9(19)6-23-16/h1-3,5-6,12H,4,7H2,(H,22,23,24,27)/t12-/m1/s1. The summed E-state index contributed by atoms with van der Waals surface area (Å²) in [6.07, 6.45) is -0.0681. The molecule has 2 heterocycles. The summed E-state index contributed by atoms with van der Waals surface area (Å²) in [4.78, 5) is 32.0. The van der Waals surface area contributed by atoms with Crippen molar-refractivity contribution in [3.8, 4) is 5.88 Å². The number of alkyl halides is 2. The lowest BCUT2D eigenvalue weighted by molar-refractivity contribution is -0.117. The van der Waals surface area contributed by atoms with Gasteiger partial charge in [0.05, 0.1) is 29.6 Å². The minimum atomic E-state index is -2.96. The lowest BCUT2D eigenvalue weighted by Gasteiger charge is -2.12. The first-order chi connectivity index (χ1) is 13.7. The fourth-order valence-electron chi connectivity index (χ4n) is 2.55. The van der Waals surface area contributed by atoms with E-state index in [1.165, 1.54) is 12.1 Å². The van der Waals surface area contributed by atoms with Crippen LogP contribution in [0.5, 0.6) is 5.88 Å². The van der Waals surface area contributed by atoms with Gasteiger partial charge in [-0.05, 0) is 18.2 Å². The molecule has 1 saturated carbocycles. The second-order valence-electron chi connectivity index (χ2n) is 6.30. The van der Waals surface area contributed by atoms with E-state index in [1.807, 2.05) is 0 Å². The van der Waals surface area contributed by atoms with Gasteiger partial charge in [-0.1, -0.05) is 15.9 Å². The summed E-state index contributed by atoms with van der Waals surface area (Å²) in [6, 6.07) is 4.59. The third-order valence-corrected chi connectivity index (χ3v) is 4.57. The largest absolute Gasteiger partial charge is 0.466 e. The van der Waals surface area contributed by atoms with Crippen molar-refractivity contribution in [3.63, 3.8) is 0 Å². The maximum Gasteiger partial charge on any atom is 0.288 e. The Morgan fingerprint density at radius 2 is 2.00 bits per heavy atom. The topological polar surface area (TPSA) is 99.0 Å². The van der Waals surface area contributed by atoms with E-state index in [-0.39, 0.29) is 22.6 Å². The average Bonchev–Trinajstić information content (AvgIpc) is 3.26. The van der Waals surface area contributed by atoms with Crippen molar-refractivity contribution in [3.05, 3.63) is 51.2 Å². The van der Waals surface area contributed by atoms with Crippen molar-refractivity contribution in [2.75, 3.05) is 5.32 Å². The Hall–Kier alpha value is -3.02. The number of carbonyl (C=O) groups excluding carboxylic acids is 1. The molecule has 12 heteroatoms. The van der Waals surface area contributed by atoms with Crippen LogP contribution in [0.2, 0.25) is 0 Å². The number of nitrogens with zero attached hydrogens (tertiary/aromatic N) is 4. The van der Waals surface area contributed by atoms with E-state index in [9.17, 15) is 22.8 Å². The molecule has 1 atom stereocenters. The molecule has 1 aliphatic carbocycles. The molecule has 1 aliphatic rings. The molecular weight excluding hydrogens is 459 g/mol. The van der Waals surface area contributed by atoms with Gasteiger partial charge < -0.3 is 4.74 Å². The van der Waals surface area contributed by atoms with Crippen LogP contribution in [0.1, 0.15) is 6.42 Å².